The Morgan fingerprint density at radius 2 is 1.94 bits per heavy atom. The van der Waals surface area contributed by atoms with Gasteiger partial charge in [0.15, 0.2) is 0 Å². The standard InChI is InChI=1S/C14H17BrO2/c1-9(16)13-7-4-11(8-14(13)17)10-2-5-12(15)6-3-10/h2-3,5-6,11,13-14,17H,4,7-8H2,1H3. The smallest absolute Gasteiger partial charge is 0.135 e. The number of carbonyl (C=O) groups is 1. The van der Waals surface area contributed by atoms with Crippen LogP contribution >= 0.6 is 15.9 Å². The third-order valence-electron chi connectivity index (χ3n) is 3.68. The van der Waals surface area contributed by atoms with E-state index in [1.807, 2.05) is 12.1 Å². The average molecular weight is 297 g/mol. The summed E-state index contributed by atoms with van der Waals surface area (Å²) in [6.07, 6.45) is 2.02. The van der Waals surface area contributed by atoms with Gasteiger partial charge in [0.05, 0.1) is 6.10 Å². The van der Waals surface area contributed by atoms with Crippen LogP contribution in [-0.4, -0.2) is 17.0 Å². The molecule has 0 spiro atoms. The first-order valence-corrected chi connectivity index (χ1v) is 6.81. The van der Waals surface area contributed by atoms with E-state index in [0.717, 1.165) is 17.3 Å². The number of aliphatic hydroxyl groups is 1. The summed E-state index contributed by atoms with van der Waals surface area (Å²) >= 11 is 3.42. The Balaban J connectivity index is 2.06. The molecule has 3 heteroatoms. The Hall–Kier alpha value is -0.670. The lowest BCUT2D eigenvalue weighted by atomic mass is 9.75. The third kappa shape index (κ3) is 2.96. The van der Waals surface area contributed by atoms with Gasteiger partial charge in [-0.15, -0.1) is 0 Å². The van der Waals surface area contributed by atoms with Crippen LogP contribution in [0.1, 0.15) is 37.7 Å². The summed E-state index contributed by atoms with van der Waals surface area (Å²) in [7, 11) is 0. The lowest BCUT2D eigenvalue weighted by Crippen LogP contribution is -2.32. The van der Waals surface area contributed by atoms with Crippen LogP contribution in [0.2, 0.25) is 0 Å². The quantitative estimate of drug-likeness (QED) is 0.909. The highest BCUT2D eigenvalue weighted by atomic mass is 79.9. The van der Waals surface area contributed by atoms with Crippen molar-refractivity contribution in [2.45, 2.75) is 38.2 Å². The molecule has 17 heavy (non-hydrogen) atoms. The maximum atomic E-state index is 11.3. The van der Waals surface area contributed by atoms with Gasteiger partial charge < -0.3 is 5.11 Å². The zero-order chi connectivity index (χ0) is 12.4. The molecule has 0 aliphatic heterocycles. The van der Waals surface area contributed by atoms with Crippen LogP contribution in [0.3, 0.4) is 0 Å². The molecular formula is C14H17BrO2. The van der Waals surface area contributed by atoms with Gasteiger partial charge in [-0.1, -0.05) is 28.1 Å². The first-order chi connectivity index (χ1) is 8.08. The SMILES string of the molecule is CC(=O)C1CCC(c2ccc(Br)cc2)CC1O. The molecule has 0 saturated heterocycles. The molecule has 1 aromatic carbocycles. The second kappa shape index (κ2) is 5.32. The van der Waals surface area contributed by atoms with Gasteiger partial charge >= 0.3 is 0 Å². The summed E-state index contributed by atoms with van der Waals surface area (Å²) < 4.78 is 1.07. The third-order valence-corrected chi connectivity index (χ3v) is 4.21. The van der Waals surface area contributed by atoms with Crippen LogP contribution in [0, 0.1) is 5.92 Å². The average Bonchev–Trinajstić information content (AvgIpc) is 2.29. The van der Waals surface area contributed by atoms with Crippen LogP contribution in [0.5, 0.6) is 0 Å². The van der Waals surface area contributed by atoms with Crippen molar-refractivity contribution in [2.24, 2.45) is 5.92 Å². The van der Waals surface area contributed by atoms with E-state index < -0.39 is 6.10 Å². The second-order valence-electron chi connectivity index (χ2n) is 4.85. The van der Waals surface area contributed by atoms with Gasteiger partial charge in [-0.2, -0.15) is 0 Å². The van der Waals surface area contributed by atoms with E-state index in [1.165, 1.54) is 5.56 Å². The first-order valence-electron chi connectivity index (χ1n) is 6.02. The number of aliphatic hydroxyl groups excluding tert-OH is 1. The maximum absolute atomic E-state index is 11.3. The molecule has 2 rings (SSSR count). The molecule has 1 aliphatic rings. The molecule has 1 fully saturated rings. The van der Waals surface area contributed by atoms with Gasteiger partial charge in [-0.05, 0) is 49.8 Å². The molecule has 1 aliphatic carbocycles. The summed E-state index contributed by atoms with van der Waals surface area (Å²) in [5, 5.41) is 10.00. The minimum absolute atomic E-state index is 0.117. The van der Waals surface area contributed by atoms with Gasteiger partial charge in [0.2, 0.25) is 0 Å². The molecule has 2 nitrogen and oxygen atoms in total. The monoisotopic (exact) mass is 296 g/mol. The Morgan fingerprint density at radius 3 is 2.47 bits per heavy atom. The fourth-order valence-corrected chi connectivity index (χ4v) is 2.92. The summed E-state index contributed by atoms with van der Waals surface area (Å²) in [6, 6.07) is 8.24. The normalized spacial score (nSPS) is 29.0. The van der Waals surface area contributed by atoms with Crippen molar-refractivity contribution in [1.82, 2.24) is 0 Å². The van der Waals surface area contributed by atoms with Crippen molar-refractivity contribution < 1.29 is 9.90 Å². The molecule has 92 valence electrons. The van der Waals surface area contributed by atoms with Gasteiger partial charge in [0.25, 0.3) is 0 Å². The Morgan fingerprint density at radius 1 is 1.29 bits per heavy atom. The zero-order valence-corrected chi connectivity index (χ0v) is 11.5. The lowest BCUT2D eigenvalue weighted by Gasteiger charge is -2.32. The zero-order valence-electron chi connectivity index (χ0n) is 9.90. The number of rotatable bonds is 2. The van der Waals surface area contributed by atoms with Crippen LogP contribution in [0.15, 0.2) is 28.7 Å². The molecule has 0 bridgehead atoms. The largest absolute Gasteiger partial charge is 0.392 e. The number of ketones is 1. The predicted molar refractivity (Wildman–Crippen MR) is 70.9 cm³/mol. The van der Waals surface area contributed by atoms with Crippen molar-refractivity contribution in [1.29, 1.82) is 0 Å². The van der Waals surface area contributed by atoms with Crippen molar-refractivity contribution in [3.8, 4) is 0 Å². The van der Waals surface area contributed by atoms with Crippen molar-refractivity contribution >= 4 is 21.7 Å². The molecule has 1 N–H and O–H groups in total. The molecule has 0 radical (unpaired) electrons. The van der Waals surface area contributed by atoms with Gasteiger partial charge in [0, 0.05) is 10.4 Å². The molecule has 3 atom stereocenters. The minimum Gasteiger partial charge on any atom is -0.392 e. The summed E-state index contributed by atoms with van der Waals surface area (Å²) in [5.74, 6) is 0.349. The van der Waals surface area contributed by atoms with Crippen LogP contribution < -0.4 is 0 Å². The summed E-state index contributed by atoms with van der Waals surface area (Å²) in [5.41, 5.74) is 1.26. The Labute approximate surface area is 110 Å². The fraction of sp³-hybridized carbons (Fsp3) is 0.500. The molecule has 0 amide bonds. The molecule has 1 saturated carbocycles. The highest BCUT2D eigenvalue weighted by molar-refractivity contribution is 9.10. The van der Waals surface area contributed by atoms with Crippen LogP contribution in [-0.2, 0) is 4.79 Å². The van der Waals surface area contributed by atoms with Gasteiger partial charge in [-0.25, -0.2) is 0 Å². The van der Waals surface area contributed by atoms with E-state index >= 15 is 0 Å². The van der Waals surface area contributed by atoms with E-state index in [0.29, 0.717) is 12.3 Å². The Bertz CT molecular complexity index is 399. The van der Waals surface area contributed by atoms with Gasteiger partial charge in [0.1, 0.15) is 5.78 Å². The van der Waals surface area contributed by atoms with Crippen LogP contribution in [0.25, 0.3) is 0 Å². The van der Waals surface area contributed by atoms with E-state index in [1.54, 1.807) is 6.92 Å². The molecule has 1 aromatic rings. The van der Waals surface area contributed by atoms with E-state index in [-0.39, 0.29) is 11.7 Å². The van der Waals surface area contributed by atoms with E-state index in [4.69, 9.17) is 0 Å². The van der Waals surface area contributed by atoms with E-state index in [9.17, 15) is 9.90 Å². The lowest BCUT2D eigenvalue weighted by molar-refractivity contribution is -0.125. The highest BCUT2D eigenvalue weighted by Crippen LogP contribution is 2.36. The maximum Gasteiger partial charge on any atom is 0.135 e. The van der Waals surface area contributed by atoms with Crippen molar-refractivity contribution in [2.75, 3.05) is 0 Å². The molecule has 0 heterocycles. The van der Waals surface area contributed by atoms with Gasteiger partial charge in [-0.3, -0.25) is 4.79 Å². The number of Topliss-reactive ketones (excluding diaryl/α,β-unsaturated/α-hetero) is 1. The van der Waals surface area contributed by atoms with Crippen LogP contribution in [0.4, 0.5) is 0 Å². The molecule has 0 aromatic heterocycles. The molecule has 3 unspecified atom stereocenters. The van der Waals surface area contributed by atoms with Crippen molar-refractivity contribution in [3.05, 3.63) is 34.3 Å². The number of carbonyl (C=O) groups excluding carboxylic acids is 1. The number of hydrogen-bond acceptors (Lipinski definition) is 2. The highest BCUT2D eigenvalue weighted by Gasteiger charge is 2.32. The summed E-state index contributed by atoms with van der Waals surface area (Å²) in [4.78, 5) is 11.3. The minimum atomic E-state index is -0.477. The first kappa shape index (κ1) is 12.8. The van der Waals surface area contributed by atoms with Crippen molar-refractivity contribution in [3.63, 3.8) is 0 Å². The second-order valence-corrected chi connectivity index (χ2v) is 5.76. The fourth-order valence-electron chi connectivity index (χ4n) is 2.66. The number of halogens is 1. The number of benzene rings is 1. The Kier molecular flexibility index (Phi) is 4.00. The summed E-state index contributed by atoms with van der Waals surface area (Å²) in [6.45, 7) is 1.58. The van der Waals surface area contributed by atoms with E-state index in [2.05, 4.69) is 28.1 Å². The topological polar surface area (TPSA) is 37.3 Å². The number of hydrogen-bond donors (Lipinski definition) is 1. The molecular weight excluding hydrogens is 280 g/mol. The predicted octanol–water partition coefficient (Wildman–Crippen LogP) is 3.28.